The van der Waals surface area contributed by atoms with Gasteiger partial charge in [-0.05, 0) is 6.92 Å². The number of benzene rings is 2. The van der Waals surface area contributed by atoms with Crippen molar-refractivity contribution in [3.8, 4) is 28.6 Å². The molecule has 0 saturated carbocycles. The fraction of sp³-hybridized carbons (Fsp3) is 0.444. The van der Waals surface area contributed by atoms with Crippen LogP contribution in [0.25, 0.3) is 22.3 Å². The first kappa shape index (κ1) is 29.2. The molecule has 2 aliphatic heterocycles. The van der Waals surface area contributed by atoms with Crippen molar-refractivity contribution in [3.63, 3.8) is 0 Å². The first-order valence-electron chi connectivity index (χ1n) is 12.7. The molecule has 2 aromatic carbocycles. The molecule has 0 radical (unpaired) electrons. The summed E-state index contributed by atoms with van der Waals surface area (Å²) in [5.41, 5.74) is -0.731. The molecule has 2 aliphatic rings. The molecule has 14 nitrogen and oxygen atoms in total. The van der Waals surface area contributed by atoms with Crippen molar-refractivity contribution in [2.75, 3.05) is 6.61 Å². The van der Waals surface area contributed by atoms with Crippen LogP contribution in [0.5, 0.6) is 17.2 Å². The summed E-state index contributed by atoms with van der Waals surface area (Å²) in [6, 6.07) is 10.5. The molecule has 3 aromatic rings. The number of ether oxygens (including phenoxy) is 4. The maximum Gasteiger partial charge on any atom is 0.239 e. The van der Waals surface area contributed by atoms with Crippen molar-refractivity contribution in [2.24, 2.45) is 0 Å². The molecule has 5 rings (SSSR count). The number of phenols is 1. The van der Waals surface area contributed by atoms with Crippen LogP contribution in [0.4, 0.5) is 0 Å². The second-order valence-corrected chi connectivity index (χ2v) is 9.89. The van der Waals surface area contributed by atoms with Crippen LogP contribution in [0, 0.1) is 0 Å². The van der Waals surface area contributed by atoms with Gasteiger partial charge in [-0.25, -0.2) is 0 Å². The topological polar surface area (TPSA) is 229 Å². The molecular weight excluding hydrogens is 548 g/mol. The summed E-state index contributed by atoms with van der Waals surface area (Å²) >= 11 is 0. The Bertz CT molecular complexity index is 1430. The lowest BCUT2D eigenvalue weighted by atomic mass is 9.99. The Morgan fingerprint density at radius 1 is 0.805 bits per heavy atom. The van der Waals surface area contributed by atoms with E-state index < -0.39 is 84.9 Å². The van der Waals surface area contributed by atoms with Crippen molar-refractivity contribution in [1.29, 1.82) is 0 Å². The highest BCUT2D eigenvalue weighted by Crippen LogP contribution is 2.38. The van der Waals surface area contributed by atoms with E-state index in [4.69, 9.17) is 23.4 Å². The van der Waals surface area contributed by atoms with Crippen molar-refractivity contribution < 1.29 is 64.2 Å². The zero-order chi connectivity index (χ0) is 29.6. The normalized spacial score (nSPS) is 34.0. The molecule has 8 N–H and O–H groups in total. The Kier molecular flexibility index (Phi) is 8.20. The van der Waals surface area contributed by atoms with Crippen LogP contribution in [-0.2, 0) is 9.47 Å². The van der Waals surface area contributed by atoms with Crippen LogP contribution in [0.15, 0.2) is 51.7 Å². The van der Waals surface area contributed by atoms with Crippen molar-refractivity contribution >= 4 is 11.0 Å². The number of hydrogen-bond acceptors (Lipinski definition) is 14. The van der Waals surface area contributed by atoms with Crippen LogP contribution in [0.2, 0.25) is 0 Å². The SMILES string of the molecule is CC1OC(Oc2cc(O)c3c(=O)c(OC4OC(CO)C(O)C(O)C4O)c(-c4ccccc4)oc3c2)C(O)C(O)C1O. The third-order valence-corrected chi connectivity index (χ3v) is 7.09. The molecular formula is C27H30O14. The summed E-state index contributed by atoms with van der Waals surface area (Å²) < 4.78 is 28.1. The average molecular weight is 579 g/mol. The third-order valence-electron chi connectivity index (χ3n) is 7.09. The van der Waals surface area contributed by atoms with Crippen LogP contribution in [0.3, 0.4) is 0 Å². The largest absolute Gasteiger partial charge is 0.507 e. The first-order valence-corrected chi connectivity index (χ1v) is 12.7. The highest BCUT2D eigenvalue weighted by atomic mass is 16.7. The summed E-state index contributed by atoms with van der Waals surface area (Å²) in [7, 11) is 0. The van der Waals surface area contributed by atoms with Crippen molar-refractivity contribution in [3.05, 3.63) is 52.7 Å². The van der Waals surface area contributed by atoms with E-state index in [-0.39, 0.29) is 22.5 Å². The summed E-state index contributed by atoms with van der Waals surface area (Å²) in [5, 5.41) is 81.0. The lowest BCUT2D eigenvalue weighted by Gasteiger charge is -2.39. The zero-order valence-corrected chi connectivity index (χ0v) is 21.5. The molecule has 10 atom stereocenters. The molecule has 0 spiro atoms. The second-order valence-electron chi connectivity index (χ2n) is 9.89. The Morgan fingerprint density at radius 2 is 1.44 bits per heavy atom. The summed E-state index contributed by atoms with van der Waals surface area (Å²) in [6.07, 6.45) is -15.2. The highest BCUT2D eigenvalue weighted by Gasteiger charge is 2.46. The Morgan fingerprint density at radius 3 is 2.10 bits per heavy atom. The van der Waals surface area contributed by atoms with Gasteiger partial charge in [0.2, 0.25) is 23.8 Å². The Hall–Kier alpha value is -3.31. The smallest absolute Gasteiger partial charge is 0.239 e. The molecule has 2 fully saturated rings. The van der Waals surface area contributed by atoms with Gasteiger partial charge >= 0.3 is 0 Å². The molecule has 10 unspecified atom stereocenters. The molecule has 0 aliphatic carbocycles. The second kappa shape index (κ2) is 11.5. The number of hydrogen-bond donors (Lipinski definition) is 8. The minimum atomic E-state index is -1.82. The maximum absolute atomic E-state index is 13.7. The Labute approximate surface area is 231 Å². The van der Waals surface area contributed by atoms with E-state index in [1.165, 1.54) is 13.0 Å². The van der Waals surface area contributed by atoms with E-state index in [9.17, 15) is 45.6 Å². The monoisotopic (exact) mass is 578 g/mol. The van der Waals surface area contributed by atoms with E-state index in [0.29, 0.717) is 5.56 Å². The number of rotatable bonds is 6. The van der Waals surface area contributed by atoms with Gasteiger partial charge in [-0.2, -0.15) is 0 Å². The molecule has 0 amide bonds. The van der Waals surface area contributed by atoms with Crippen LogP contribution in [-0.4, -0.2) is 109 Å². The predicted molar refractivity (Wildman–Crippen MR) is 137 cm³/mol. The van der Waals surface area contributed by atoms with E-state index >= 15 is 0 Å². The fourth-order valence-corrected chi connectivity index (χ4v) is 4.74. The summed E-state index contributed by atoms with van der Waals surface area (Å²) in [5.74, 6) is -1.39. The quantitative estimate of drug-likeness (QED) is 0.167. The standard InChI is InChI=1S/C27H30O14/c1-10-17(30)20(33)22(35)26(37-10)38-12-7-13(29)16-14(8-12)39-24(11-5-3-2-4-6-11)25(19(16)32)41-27-23(36)21(34)18(31)15(9-28)40-27/h2-8,10,15,17-18,20-23,26-31,33-36H,9H2,1H3. The highest BCUT2D eigenvalue weighted by molar-refractivity contribution is 5.88. The van der Waals surface area contributed by atoms with E-state index in [1.807, 2.05) is 0 Å². The zero-order valence-electron chi connectivity index (χ0n) is 21.5. The van der Waals surface area contributed by atoms with Crippen molar-refractivity contribution in [2.45, 2.75) is 68.3 Å². The van der Waals surface area contributed by atoms with Gasteiger partial charge in [0, 0.05) is 17.7 Å². The van der Waals surface area contributed by atoms with Gasteiger partial charge in [0.1, 0.15) is 65.2 Å². The lowest BCUT2D eigenvalue weighted by Crippen LogP contribution is -2.60. The van der Waals surface area contributed by atoms with E-state index in [0.717, 1.165) is 6.07 Å². The molecule has 41 heavy (non-hydrogen) atoms. The average Bonchev–Trinajstić information content (AvgIpc) is 2.96. The number of phenolic OH excluding ortho intramolecular Hbond substituents is 1. The van der Waals surface area contributed by atoms with Gasteiger partial charge in [-0.1, -0.05) is 30.3 Å². The minimum Gasteiger partial charge on any atom is -0.507 e. The molecule has 2 saturated heterocycles. The van der Waals surface area contributed by atoms with Crippen molar-refractivity contribution in [1.82, 2.24) is 0 Å². The number of aromatic hydroxyl groups is 1. The number of aliphatic hydroxyl groups is 7. The molecule has 0 bridgehead atoms. The van der Waals surface area contributed by atoms with Gasteiger partial charge in [-0.15, -0.1) is 0 Å². The summed E-state index contributed by atoms with van der Waals surface area (Å²) in [4.78, 5) is 13.7. The molecule has 222 valence electrons. The molecule has 1 aromatic heterocycles. The van der Waals surface area contributed by atoms with E-state index in [2.05, 4.69) is 0 Å². The predicted octanol–water partition coefficient (Wildman–Crippen LogP) is -1.45. The van der Waals surface area contributed by atoms with Crippen LogP contribution >= 0.6 is 0 Å². The molecule has 3 heterocycles. The third kappa shape index (κ3) is 5.37. The molecule has 14 heteroatoms. The maximum atomic E-state index is 13.7. The first-order chi connectivity index (χ1) is 19.5. The van der Waals surface area contributed by atoms with Gasteiger partial charge < -0.3 is 64.2 Å². The van der Waals surface area contributed by atoms with E-state index in [1.54, 1.807) is 30.3 Å². The van der Waals surface area contributed by atoms with Gasteiger partial charge in [0.25, 0.3) is 0 Å². The minimum absolute atomic E-state index is 0.111. The number of aliphatic hydroxyl groups excluding tert-OH is 7. The number of fused-ring (bicyclic) bond motifs is 1. The van der Waals surface area contributed by atoms with Gasteiger partial charge in [-0.3, -0.25) is 4.79 Å². The lowest BCUT2D eigenvalue weighted by molar-refractivity contribution is -0.277. The summed E-state index contributed by atoms with van der Waals surface area (Å²) in [6.45, 7) is 0.747. The Balaban J connectivity index is 1.57. The fourth-order valence-electron chi connectivity index (χ4n) is 4.74. The van der Waals surface area contributed by atoms with Gasteiger partial charge in [0.15, 0.2) is 5.76 Å². The van der Waals surface area contributed by atoms with Crippen LogP contribution in [0.1, 0.15) is 6.92 Å². The van der Waals surface area contributed by atoms with Gasteiger partial charge in [0.05, 0.1) is 12.7 Å². The van der Waals surface area contributed by atoms with Crippen LogP contribution < -0.4 is 14.9 Å².